The van der Waals surface area contributed by atoms with Gasteiger partial charge in [0.05, 0.1) is 29.0 Å². The maximum absolute atomic E-state index is 14.1. The Hall–Kier alpha value is -3.53. The van der Waals surface area contributed by atoms with Gasteiger partial charge in [-0.1, -0.05) is 0 Å². The van der Waals surface area contributed by atoms with Gasteiger partial charge in [-0.3, -0.25) is 14.2 Å². The molecule has 0 radical (unpaired) electrons. The van der Waals surface area contributed by atoms with Crippen LogP contribution in [0.5, 0.6) is 0 Å². The van der Waals surface area contributed by atoms with Crippen molar-refractivity contribution >= 4 is 28.5 Å². The highest BCUT2D eigenvalue weighted by Gasteiger charge is 2.28. The molecule has 0 unspecified atom stereocenters. The van der Waals surface area contributed by atoms with E-state index in [1.807, 2.05) is 0 Å². The first-order valence-corrected chi connectivity index (χ1v) is 10.8. The van der Waals surface area contributed by atoms with Gasteiger partial charge in [0.25, 0.3) is 5.91 Å². The number of primary amides is 1. The molecule has 33 heavy (non-hydrogen) atoms. The van der Waals surface area contributed by atoms with Crippen molar-refractivity contribution in [1.29, 1.82) is 0 Å². The summed E-state index contributed by atoms with van der Waals surface area (Å²) in [5, 5.41) is 16.4. The number of nitrogens with two attached hydrogens (primary N) is 1. The average molecular weight is 455 g/mol. The van der Waals surface area contributed by atoms with Crippen molar-refractivity contribution in [1.82, 2.24) is 19.9 Å². The molecule has 0 aromatic carbocycles. The molecule has 2 amide bonds. The lowest BCUT2D eigenvalue weighted by Gasteiger charge is -2.28. The summed E-state index contributed by atoms with van der Waals surface area (Å²) in [7, 11) is 0. The molecule has 1 saturated carbocycles. The molecule has 10 heteroatoms. The maximum Gasteiger partial charge on any atom is 0.255 e. The maximum atomic E-state index is 14.1. The number of amides is 2. The lowest BCUT2D eigenvalue weighted by Crippen LogP contribution is -2.42. The number of fused-ring (bicyclic) bond motifs is 1. The van der Waals surface area contributed by atoms with Crippen LogP contribution < -0.4 is 16.4 Å². The van der Waals surface area contributed by atoms with E-state index in [1.165, 1.54) is 26.2 Å². The summed E-state index contributed by atoms with van der Waals surface area (Å²) in [6.45, 7) is 2.39. The Morgan fingerprint density at radius 3 is 2.70 bits per heavy atom. The zero-order chi connectivity index (χ0) is 23.8. The molecule has 174 valence electrons. The molecular weight excluding hydrogens is 427 g/mol. The van der Waals surface area contributed by atoms with Crippen LogP contribution in [0, 0.1) is 0 Å². The summed E-state index contributed by atoms with van der Waals surface area (Å²) in [6, 6.07) is 5.45. The number of carbonyl (C=O) groups is 2. The lowest BCUT2D eigenvalue weighted by atomic mass is 9.92. The first-order chi connectivity index (χ1) is 15.6. The zero-order valence-corrected chi connectivity index (χ0v) is 18.5. The molecular formula is C23H27FN6O3. The lowest BCUT2D eigenvalue weighted by molar-refractivity contribution is -0.00177. The second kappa shape index (κ2) is 8.78. The number of anilines is 1. The quantitative estimate of drug-likeness (QED) is 0.413. The van der Waals surface area contributed by atoms with E-state index in [-0.39, 0.29) is 18.2 Å². The molecule has 0 spiro atoms. The molecule has 0 saturated heterocycles. The molecule has 5 N–H and O–H groups in total. The summed E-state index contributed by atoms with van der Waals surface area (Å²) in [5.41, 5.74) is 5.55. The van der Waals surface area contributed by atoms with Crippen molar-refractivity contribution in [3.63, 3.8) is 0 Å². The van der Waals surface area contributed by atoms with E-state index in [9.17, 15) is 19.1 Å². The third kappa shape index (κ3) is 4.80. The van der Waals surface area contributed by atoms with Crippen LogP contribution in [0.1, 0.15) is 53.8 Å². The molecule has 9 nitrogen and oxygen atoms in total. The van der Waals surface area contributed by atoms with Crippen LogP contribution in [0.25, 0.3) is 16.9 Å². The highest BCUT2D eigenvalue weighted by atomic mass is 19.1. The number of pyridine rings is 2. The van der Waals surface area contributed by atoms with Crippen LogP contribution in [0.15, 0.2) is 36.8 Å². The molecule has 1 aliphatic rings. The van der Waals surface area contributed by atoms with E-state index in [4.69, 9.17) is 5.73 Å². The molecule has 0 bridgehead atoms. The van der Waals surface area contributed by atoms with Gasteiger partial charge < -0.3 is 21.5 Å². The topological polar surface area (TPSA) is 135 Å². The molecule has 1 atom stereocenters. The third-order valence-electron chi connectivity index (χ3n) is 5.87. The number of nitrogens with one attached hydrogen (secondary N) is 2. The zero-order valence-electron chi connectivity index (χ0n) is 18.5. The molecule has 3 heterocycles. The fourth-order valence-corrected chi connectivity index (χ4v) is 3.52. The highest BCUT2D eigenvalue weighted by Crippen LogP contribution is 2.28. The number of aromatic nitrogens is 3. The number of carbonyl (C=O) groups excluding carboxylic acids is 2. The van der Waals surface area contributed by atoms with Gasteiger partial charge in [0.1, 0.15) is 17.6 Å². The number of rotatable bonds is 8. The summed E-state index contributed by atoms with van der Waals surface area (Å²) in [6.07, 6.45) is 6.11. The minimum absolute atomic E-state index is 0.245. The fourth-order valence-electron chi connectivity index (χ4n) is 3.52. The minimum atomic E-state index is -1.61. The number of aliphatic hydroxyl groups is 1. The predicted molar refractivity (Wildman–Crippen MR) is 122 cm³/mol. The number of hydrogen-bond donors (Lipinski definition) is 4. The van der Waals surface area contributed by atoms with E-state index >= 15 is 0 Å². The molecule has 1 aliphatic carbocycles. The Labute approximate surface area is 190 Å². The first-order valence-electron chi connectivity index (χ1n) is 10.8. The molecule has 3 aromatic rings. The highest BCUT2D eigenvalue weighted by molar-refractivity contribution is 6.00. The summed E-state index contributed by atoms with van der Waals surface area (Å²) < 4.78 is 15.9. The second-order valence-corrected chi connectivity index (χ2v) is 8.88. The van der Waals surface area contributed by atoms with Crippen LogP contribution in [0.2, 0.25) is 0 Å². The van der Waals surface area contributed by atoms with Crippen molar-refractivity contribution in [3.05, 3.63) is 47.9 Å². The van der Waals surface area contributed by atoms with Crippen molar-refractivity contribution in [3.8, 4) is 5.82 Å². The average Bonchev–Trinajstić information content (AvgIpc) is 3.16. The van der Waals surface area contributed by atoms with Gasteiger partial charge in [0.15, 0.2) is 0 Å². The van der Waals surface area contributed by atoms with E-state index in [2.05, 4.69) is 20.6 Å². The number of halogens is 1. The van der Waals surface area contributed by atoms with Gasteiger partial charge in [-0.05, 0) is 45.2 Å². The minimum Gasteiger partial charge on any atom is -0.387 e. The van der Waals surface area contributed by atoms with Crippen molar-refractivity contribution in [2.45, 2.75) is 50.9 Å². The van der Waals surface area contributed by atoms with Gasteiger partial charge in [0.2, 0.25) is 5.91 Å². The van der Waals surface area contributed by atoms with E-state index in [1.54, 1.807) is 29.0 Å². The van der Waals surface area contributed by atoms with Gasteiger partial charge >= 0.3 is 0 Å². The number of hydrogen-bond acceptors (Lipinski definition) is 6. The van der Waals surface area contributed by atoms with E-state index in [0.717, 1.165) is 24.6 Å². The standard InChI is InChI=1S/C23H27FN6O3/c1-23(2,33)18(24)12-28-22(32)16-11-26-19(9-17(16)29-15-4-3-5-15)30-7-6-13-8-14(20(25)31)10-27-21(13)30/h6-11,15,18,33H,3-5,12H2,1-2H3,(H2,25,31)(H,26,29)(H,28,32)/t18-/m1/s1. The van der Waals surface area contributed by atoms with E-state index < -0.39 is 23.6 Å². The van der Waals surface area contributed by atoms with Crippen LogP contribution >= 0.6 is 0 Å². The molecule has 4 rings (SSSR count). The Morgan fingerprint density at radius 1 is 1.30 bits per heavy atom. The van der Waals surface area contributed by atoms with Gasteiger partial charge in [-0.15, -0.1) is 0 Å². The summed E-state index contributed by atoms with van der Waals surface area (Å²) in [5.74, 6) is -0.510. The summed E-state index contributed by atoms with van der Waals surface area (Å²) >= 11 is 0. The Kier molecular flexibility index (Phi) is 6.03. The normalized spacial score (nSPS) is 15.2. The van der Waals surface area contributed by atoms with Crippen LogP contribution in [-0.4, -0.2) is 55.8 Å². The van der Waals surface area contributed by atoms with Gasteiger partial charge in [0, 0.05) is 36.1 Å². The third-order valence-corrected chi connectivity index (χ3v) is 5.87. The monoisotopic (exact) mass is 454 g/mol. The fraction of sp³-hybridized carbons (Fsp3) is 0.391. The molecule has 1 fully saturated rings. The second-order valence-electron chi connectivity index (χ2n) is 8.88. The van der Waals surface area contributed by atoms with Crippen LogP contribution in [0.3, 0.4) is 0 Å². The SMILES string of the molecule is CC(C)(O)[C@H](F)CNC(=O)c1cnc(-n2ccc3cc(C(N)=O)cnc32)cc1NC1CCC1. The van der Waals surface area contributed by atoms with Crippen molar-refractivity contribution in [2.75, 3.05) is 11.9 Å². The molecule has 3 aromatic heterocycles. The number of alkyl halides is 1. The van der Waals surface area contributed by atoms with Gasteiger partial charge in [-0.2, -0.15) is 0 Å². The largest absolute Gasteiger partial charge is 0.387 e. The Morgan fingerprint density at radius 2 is 2.06 bits per heavy atom. The van der Waals surface area contributed by atoms with Crippen molar-refractivity contribution < 1.29 is 19.1 Å². The van der Waals surface area contributed by atoms with E-state index in [0.29, 0.717) is 22.7 Å². The van der Waals surface area contributed by atoms with Crippen molar-refractivity contribution in [2.24, 2.45) is 5.73 Å². The van der Waals surface area contributed by atoms with Crippen LogP contribution in [-0.2, 0) is 0 Å². The van der Waals surface area contributed by atoms with Crippen LogP contribution in [0.4, 0.5) is 10.1 Å². The number of nitrogens with zero attached hydrogens (tertiary/aromatic N) is 3. The predicted octanol–water partition coefficient (Wildman–Crippen LogP) is 2.32. The molecule has 0 aliphatic heterocycles. The smallest absolute Gasteiger partial charge is 0.255 e. The Balaban J connectivity index is 1.64. The van der Waals surface area contributed by atoms with Gasteiger partial charge in [-0.25, -0.2) is 14.4 Å². The Bertz CT molecular complexity index is 1200. The summed E-state index contributed by atoms with van der Waals surface area (Å²) in [4.78, 5) is 33.0. The first kappa shape index (κ1) is 22.7.